The minimum atomic E-state index is -3.80. The molecule has 3 aliphatic carbocycles. The summed E-state index contributed by atoms with van der Waals surface area (Å²) in [5, 5.41) is 1.26. The Balaban J connectivity index is 1.27. The molecule has 0 radical (unpaired) electrons. The molecule has 1 amide bonds. The number of ether oxygens (including phenoxy) is 1. The highest BCUT2D eigenvalue weighted by Crippen LogP contribution is 2.50. The number of benzene rings is 1. The molecule has 2 fully saturated rings. The van der Waals surface area contributed by atoms with Gasteiger partial charge in [-0.05, 0) is 86.2 Å². The Labute approximate surface area is 258 Å². The second-order valence-electron chi connectivity index (χ2n) is 12.3. The van der Waals surface area contributed by atoms with E-state index in [2.05, 4.69) is 36.1 Å². The van der Waals surface area contributed by atoms with Crippen LogP contribution in [-0.2, 0) is 19.6 Å². The second kappa shape index (κ2) is 12.8. The van der Waals surface area contributed by atoms with Crippen LogP contribution in [0.3, 0.4) is 0 Å². The molecule has 6 nitrogen and oxygen atoms in total. The van der Waals surface area contributed by atoms with E-state index < -0.39 is 27.7 Å². The van der Waals surface area contributed by atoms with Crippen LogP contribution in [0, 0.1) is 35.5 Å². The molecule has 1 saturated heterocycles. The number of likely N-dealkylation sites (tertiary alicyclic amines) is 1. The number of carbonyl (C=O) groups excluding carboxylic acids is 1. The maximum Gasteiger partial charge on any atom is 0.263 e. The van der Waals surface area contributed by atoms with E-state index >= 15 is 4.39 Å². The molecule has 1 aromatic rings. The van der Waals surface area contributed by atoms with Gasteiger partial charge in [-0.15, -0.1) is 0 Å². The van der Waals surface area contributed by atoms with Crippen LogP contribution in [0.2, 0.25) is 10.0 Å². The van der Waals surface area contributed by atoms with Crippen molar-refractivity contribution in [2.24, 2.45) is 35.5 Å². The van der Waals surface area contributed by atoms with Crippen LogP contribution in [0.15, 0.2) is 65.7 Å². The van der Waals surface area contributed by atoms with Crippen molar-refractivity contribution in [3.63, 3.8) is 0 Å². The summed E-state index contributed by atoms with van der Waals surface area (Å²) in [6.45, 7) is 6.27. The lowest BCUT2D eigenvalue weighted by Crippen LogP contribution is -2.42. The van der Waals surface area contributed by atoms with E-state index in [9.17, 15) is 13.2 Å². The first kappa shape index (κ1) is 31.3. The number of amides is 1. The van der Waals surface area contributed by atoms with Crippen molar-refractivity contribution in [1.82, 2.24) is 9.62 Å². The maximum absolute atomic E-state index is 15.2. The summed E-state index contributed by atoms with van der Waals surface area (Å²) in [6, 6.07) is 5.94. The molecule has 5 unspecified atom stereocenters. The minimum Gasteiger partial charge on any atom is -0.497 e. The summed E-state index contributed by atoms with van der Waals surface area (Å²) in [7, 11) is -3.80. The first-order chi connectivity index (χ1) is 19.9. The largest absolute Gasteiger partial charge is 0.497 e. The topological polar surface area (TPSA) is 75.7 Å². The number of halogens is 3. The molecule has 0 aromatic heterocycles. The fraction of sp³-hybridized carbons (Fsp3) is 0.531. The van der Waals surface area contributed by atoms with Crippen LogP contribution < -0.4 is 4.72 Å². The fourth-order valence-electron chi connectivity index (χ4n) is 6.88. The zero-order chi connectivity index (χ0) is 30.2. The van der Waals surface area contributed by atoms with E-state index in [-0.39, 0.29) is 23.5 Å². The highest BCUT2D eigenvalue weighted by molar-refractivity contribution is 7.89. The van der Waals surface area contributed by atoms with Crippen molar-refractivity contribution in [2.75, 3.05) is 26.0 Å². The predicted octanol–water partition coefficient (Wildman–Crippen LogP) is 7.00. The Morgan fingerprint density at radius 1 is 1.07 bits per heavy atom. The van der Waals surface area contributed by atoms with E-state index in [1.807, 2.05) is 16.9 Å². The van der Waals surface area contributed by atoms with Gasteiger partial charge in [-0.1, -0.05) is 61.4 Å². The lowest BCUT2D eigenvalue weighted by Gasteiger charge is -2.43. The number of hydrogen-bond donors (Lipinski definition) is 1. The number of piperidine rings is 1. The summed E-state index contributed by atoms with van der Waals surface area (Å²) in [4.78, 5) is 15.1. The highest BCUT2D eigenvalue weighted by atomic mass is 35.5. The fourth-order valence-corrected chi connectivity index (χ4v) is 7.87. The number of rotatable bonds is 9. The zero-order valence-electron chi connectivity index (χ0n) is 24.2. The van der Waals surface area contributed by atoms with E-state index in [0.29, 0.717) is 40.2 Å². The van der Waals surface area contributed by atoms with Gasteiger partial charge in [0.15, 0.2) is 0 Å². The molecule has 1 heterocycles. The Kier molecular flexibility index (Phi) is 9.57. The minimum absolute atomic E-state index is 0.119. The number of carbonyl (C=O) groups is 1. The van der Waals surface area contributed by atoms with Gasteiger partial charge in [-0.25, -0.2) is 17.5 Å². The number of nitrogens with zero attached hydrogens (tertiary/aromatic N) is 1. The molecule has 5 rings (SSSR count). The van der Waals surface area contributed by atoms with Gasteiger partial charge in [0.05, 0.1) is 18.4 Å². The third-order valence-electron chi connectivity index (χ3n) is 9.09. The summed E-state index contributed by atoms with van der Waals surface area (Å²) < 4.78 is 46.7. The number of hydrogen-bond acceptors (Lipinski definition) is 5. The molecule has 0 spiro atoms. The molecular formula is C32H39Cl2FN2O4S. The third kappa shape index (κ3) is 7.32. The smallest absolute Gasteiger partial charge is 0.263 e. The summed E-state index contributed by atoms with van der Waals surface area (Å²) in [5.41, 5.74) is 0.997. The molecule has 1 saturated carbocycles. The molecule has 5 atom stereocenters. The summed E-state index contributed by atoms with van der Waals surface area (Å²) >= 11 is 12.8. The highest BCUT2D eigenvalue weighted by Gasteiger charge is 2.44. The summed E-state index contributed by atoms with van der Waals surface area (Å²) in [5.74, 6) is -0.420. The van der Waals surface area contributed by atoms with E-state index in [1.165, 1.54) is 6.08 Å². The van der Waals surface area contributed by atoms with E-state index in [1.54, 1.807) is 13.0 Å². The lowest BCUT2D eigenvalue weighted by atomic mass is 9.78. The Morgan fingerprint density at radius 3 is 2.31 bits per heavy atom. The van der Waals surface area contributed by atoms with Gasteiger partial charge in [-0.3, -0.25) is 9.69 Å². The summed E-state index contributed by atoms with van der Waals surface area (Å²) in [6.07, 6.45) is 14.8. The van der Waals surface area contributed by atoms with Gasteiger partial charge in [0.1, 0.15) is 11.6 Å². The van der Waals surface area contributed by atoms with Crippen LogP contribution in [0.5, 0.6) is 0 Å². The van der Waals surface area contributed by atoms with Crippen molar-refractivity contribution in [3.05, 3.63) is 81.3 Å². The molecule has 1 aliphatic heterocycles. The van der Waals surface area contributed by atoms with Crippen molar-refractivity contribution in [2.45, 2.75) is 45.6 Å². The van der Waals surface area contributed by atoms with Crippen molar-refractivity contribution >= 4 is 39.1 Å². The van der Waals surface area contributed by atoms with Gasteiger partial charge in [-0.2, -0.15) is 0 Å². The number of nitrogens with one attached hydrogen (secondary N) is 1. The van der Waals surface area contributed by atoms with Gasteiger partial charge in [0.25, 0.3) is 5.91 Å². The molecule has 228 valence electrons. The van der Waals surface area contributed by atoms with Crippen LogP contribution in [-0.4, -0.2) is 45.2 Å². The van der Waals surface area contributed by atoms with Crippen molar-refractivity contribution < 1.29 is 22.3 Å². The average Bonchev–Trinajstić information content (AvgIpc) is 3.73. The molecular weight excluding hydrogens is 598 g/mol. The van der Waals surface area contributed by atoms with Gasteiger partial charge < -0.3 is 4.74 Å². The average molecular weight is 638 g/mol. The van der Waals surface area contributed by atoms with Crippen LogP contribution in [0.25, 0.3) is 0 Å². The molecule has 0 bridgehead atoms. The normalized spacial score (nSPS) is 28.0. The molecule has 1 N–H and O–H groups in total. The van der Waals surface area contributed by atoms with Crippen LogP contribution in [0.1, 0.15) is 51.1 Å². The first-order valence-electron chi connectivity index (χ1n) is 14.7. The van der Waals surface area contributed by atoms with Crippen molar-refractivity contribution in [1.29, 1.82) is 0 Å². The molecule has 10 heteroatoms. The van der Waals surface area contributed by atoms with Gasteiger partial charge >= 0.3 is 0 Å². The molecule has 4 aliphatic rings. The Morgan fingerprint density at radius 2 is 1.71 bits per heavy atom. The standard InChI is InChI=1S/C32H39Cl2FN2O4S/c1-19-6-4-5-7-26(19)31(23-14-24(33)16-25(34)15-23)37-12-10-21(11-13-37)18-41-28-17-27(35)30(32(38)36-42(3,39)40)20(2)29(28)22-8-9-22/h4-7,14-17,19-22,26,29,31H,8-13,18H2,1-3H3,(H,36,38). The number of allylic oxidation sites excluding steroid dienone is 6. The molecule has 42 heavy (non-hydrogen) atoms. The molecule has 1 aromatic carbocycles. The Bertz CT molecular complexity index is 1410. The monoisotopic (exact) mass is 636 g/mol. The third-order valence-corrected chi connectivity index (χ3v) is 10.1. The Hall–Kier alpha value is -2.13. The van der Waals surface area contributed by atoms with Crippen LogP contribution in [0.4, 0.5) is 4.39 Å². The first-order valence-corrected chi connectivity index (χ1v) is 17.4. The van der Waals surface area contributed by atoms with E-state index in [0.717, 1.165) is 50.6 Å². The van der Waals surface area contributed by atoms with Crippen molar-refractivity contribution in [3.8, 4) is 0 Å². The predicted molar refractivity (Wildman–Crippen MR) is 165 cm³/mol. The quantitative estimate of drug-likeness (QED) is 0.316. The zero-order valence-corrected chi connectivity index (χ0v) is 26.6. The van der Waals surface area contributed by atoms with Gasteiger partial charge in [0, 0.05) is 34.0 Å². The number of sulfonamides is 1. The SMILES string of the molecule is CC1C=CC=CC1C(c1cc(Cl)cc(Cl)c1)N1CCC(COC2=CC(F)=C(C(=O)NS(C)(=O)=O)C(C)C2C2CC2)CC1. The maximum atomic E-state index is 15.2. The van der Waals surface area contributed by atoms with Gasteiger partial charge in [0.2, 0.25) is 10.0 Å². The lowest BCUT2D eigenvalue weighted by molar-refractivity contribution is -0.116. The van der Waals surface area contributed by atoms with Crippen LogP contribution >= 0.6 is 23.2 Å². The second-order valence-corrected chi connectivity index (χ2v) is 14.9. The van der Waals surface area contributed by atoms with E-state index in [4.69, 9.17) is 27.9 Å².